The molecule has 0 radical (unpaired) electrons. The zero-order valence-electron chi connectivity index (χ0n) is 21.2. The van der Waals surface area contributed by atoms with Gasteiger partial charge in [-0.15, -0.1) is 0 Å². The van der Waals surface area contributed by atoms with E-state index in [0.717, 1.165) is 27.7 Å². The van der Waals surface area contributed by atoms with E-state index in [1.165, 1.54) is 6.08 Å². The number of rotatable bonds is 8. The van der Waals surface area contributed by atoms with E-state index in [-0.39, 0.29) is 31.3 Å². The van der Waals surface area contributed by atoms with Crippen molar-refractivity contribution in [3.05, 3.63) is 108 Å². The Bertz CT molecular complexity index is 1400. The maximum Gasteiger partial charge on any atom is 0.411 e. The van der Waals surface area contributed by atoms with Gasteiger partial charge in [-0.25, -0.2) is 9.78 Å². The standard InChI is InChI=1S/C30H31N3O5/c1-3-15-36-30(35)32-24-8-6-7-23(16-24)29-37-27(17-33-19-31-25-9-4-5-10-26(25)33)20(2)28(38-29)22-13-11-21(18-34)12-14-22/h3-14,16,19-20,27-29,34H,1,15,17-18H2,2H3,(H,32,35). The number of hydrogen-bond donors (Lipinski definition) is 2. The molecule has 2 heterocycles. The predicted octanol–water partition coefficient (Wildman–Crippen LogP) is 5.75. The second kappa shape index (κ2) is 11.6. The molecular formula is C30H31N3O5. The first-order chi connectivity index (χ1) is 18.6. The van der Waals surface area contributed by atoms with Gasteiger partial charge in [0.15, 0.2) is 6.29 Å². The van der Waals surface area contributed by atoms with Crippen molar-refractivity contribution in [2.24, 2.45) is 5.92 Å². The number of fused-ring (bicyclic) bond motifs is 1. The van der Waals surface area contributed by atoms with Crippen molar-refractivity contribution in [3.8, 4) is 0 Å². The van der Waals surface area contributed by atoms with Gasteiger partial charge in [-0.1, -0.05) is 68.1 Å². The quantitative estimate of drug-likeness (QED) is 0.291. The Morgan fingerprint density at radius 2 is 1.92 bits per heavy atom. The molecule has 1 aliphatic heterocycles. The third-order valence-corrected chi connectivity index (χ3v) is 6.76. The van der Waals surface area contributed by atoms with E-state index in [4.69, 9.17) is 14.2 Å². The number of nitrogens with zero attached hydrogens (tertiary/aromatic N) is 2. The number of nitrogens with one attached hydrogen (secondary N) is 1. The molecule has 38 heavy (non-hydrogen) atoms. The largest absolute Gasteiger partial charge is 0.445 e. The molecule has 1 fully saturated rings. The fraction of sp³-hybridized carbons (Fsp3) is 0.267. The molecule has 5 rings (SSSR count). The highest BCUT2D eigenvalue weighted by Crippen LogP contribution is 2.42. The highest BCUT2D eigenvalue weighted by molar-refractivity contribution is 5.84. The number of aliphatic hydroxyl groups excluding tert-OH is 1. The number of amides is 1. The SMILES string of the molecule is C=CCOC(=O)Nc1cccc(C2OC(Cn3cnc4ccccc43)C(C)C(c3ccc(CO)cc3)O2)c1. The molecular weight excluding hydrogens is 482 g/mol. The van der Waals surface area contributed by atoms with Crippen LogP contribution in [0.15, 0.2) is 91.8 Å². The molecule has 2 N–H and O–H groups in total. The maximum atomic E-state index is 12.1. The Kier molecular flexibility index (Phi) is 7.83. The van der Waals surface area contributed by atoms with E-state index >= 15 is 0 Å². The van der Waals surface area contributed by atoms with E-state index < -0.39 is 12.4 Å². The molecule has 1 amide bonds. The lowest BCUT2D eigenvalue weighted by Crippen LogP contribution is -2.39. The number of para-hydroxylation sites is 2. The molecule has 0 spiro atoms. The molecule has 1 aliphatic rings. The summed E-state index contributed by atoms with van der Waals surface area (Å²) in [5.74, 6) is 0.0163. The summed E-state index contributed by atoms with van der Waals surface area (Å²) in [6.45, 7) is 6.39. The topological polar surface area (TPSA) is 94.8 Å². The summed E-state index contributed by atoms with van der Waals surface area (Å²) in [6.07, 6.45) is 1.68. The van der Waals surface area contributed by atoms with Gasteiger partial charge in [0.05, 0.1) is 42.7 Å². The molecule has 8 heteroatoms. The number of benzene rings is 3. The lowest BCUT2D eigenvalue weighted by atomic mass is 9.90. The second-order valence-electron chi connectivity index (χ2n) is 9.35. The summed E-state index contributed by atoms with van der Waals surface area (Å²) in [6, 6.07) is 23.2. The Morgan fingerprint density at radius 1 is 1.11 bits per heavy atom. The third kappa shape index (κ3) is 5.62. The van der Waals surface area contributed by atoms with Crippen LogP contribution in [0, 0.1) is 5.92 Å². The first-order valence-corrected chi connectivity index (χ1v) is 12.6. The summed E-state index contributed by atoms with van der Waals surface area (Å²) in [5, 5.41) is 12.2. The van der Waals surface area contributed by atoms with Crippen molar-refractivity contribution in [3.63, 3.8) is 0 Å². The molecule has 0 aliphatic carbocycles. The zero-order valence-corrected chi connectivity index (χ0v) is 21.2. The van der Waals surface area contributed by atoms with Gasteiger partial charge in [-0.2, -0.15) is 0 Å². The molecule has 0 bridgehead atoms. The average molecular weight is 514 g/mol. The van der Waals surface area contributed by atoms with Crippen molar-refractivity contribution in [1.29, 1.82) is 0 Å². The second-order valence-corrected chi connectivity index (χ2v) is 9.35. The summed E-state index contributed by atoms with van der Waals surface area (Å²) < 4.78 is 20.3. The highest BCUT2D eigenvalue weighted by atomic mass is 16.7. The number of hydrogen-bond acceptors (Lipinski definition) is 6. The number of imidazole rings is 1. The lowest BCUT2D eigenvalue weighted by Gasteiger charge is -2.41. The van der Waals surface area contributed by atoms with Crippen LogP contribution in [-0.2, 0) is 27.4 Å². The zero-order chi connectivity index (χ0) is 26.5. The molecule has 4 atom stereocenters. The number of aliphatic hydroxyl groups is 1. The fourth-order valence-corrected chi connectivity index (χ4v) is 4.73. The van der Waals surface area contributed by atoms with Crippen LogP contribution in [0.4, 0.5) is 10.5 Å². The van der Waals surface area contributed by atoms with Crippen LogP contribution < -0.4 is 5.32 Å². The minimum Gasteiger partial charge on any atom is -0.445 e. The number of ether oxygens (including phenoxy) is 3. The predicted molar refractivity (Wildman–Crippen MR) is 144 cm³/mol. The first-order valence-electron chi connectivity index (χ1n) is 12.6. The van der Waals surface area contributed by atoms with Crippen molar-refractivity contribution in [2.75, 3.05) is 11.9 Å². The van der Waals surface area contributed by atoms with Gasteiger partial charge in [0.25, 0.3) is 0 Å². The molecule has 196 valence electrons. The average Bonchev–Trinajstić information content (AvgIpc) is 3.36. The van der Waals surface area contributed by atoms with Gasteiger partial charge in [0, 0.05) is 17.2 Å². The van der Waals surface area contributed by atoms with E-state index in [1.807, 2.05) is 67.0 Å². The number of carbonyl (C=O) groups is 1. The maximum absolute atomic E-state index is 12.1. The normalized spacial score (nSPS) is 21.2. The molecule has 3 aromatic carbocycles. The van der Waals surface area contributed by atoms with Crippen LogP contribution in [0.25, 0.3) is 11.0 Å². The number of anilines is 1. The van der Waals surface area contributed by atoms with Crippen LogP contribution in [0.2, 0.25) is 0 Å². The fourth-order valence-electron chi connectivity index (χ4n) is 4.73. The molecule has 0 saturated carbocycles. The summed E-state index contributed by atoms with van der Waals surface area (Å²) >= 11 is 0. The Hall–Kier alpha value is -3.98. The van der Waals surface area contributed by atoms with Crippen molar-refractivity contribution in [2.45, 2.75) is 38.6 Å². The summed E-state index contributed by atoms with van der Waals surface area (Å²) in [7, 11) is 0. The monoisotopic (exact) mass is 513 g/mol. The van der Waals surface area contributed by atoms with Crippen LogP contribution in [0.3, 0.4) is 0 Å². The van der Waals surface area contributed by atoms with Crippen LogP contribution in [-0.4, -0.2) is 33.5 Å². The molecule has 4 unspecified atom stereocenters. The van der Waals surface area contributed by atoms with Gasteiger partial charge >= 0.3 is 6.09 Å². The molecule has 1 aromatic heterocycles. The highest BCUT2D eigenvalue weighted by Gasteiger charge is 2.38. The molecule has 1 saturated heterocycles. The van der Waals surface area contributed by atoms with Crippen molar-refractivity contribution >= 4 is 22.8 Å². The Labute approximate surface area is 221 Å². The summed E-state index contributed by atoms with van der Waals surface area (Å²) in [4.78, 5) is 16.6. The van der Waals surface area contributed by atoms with Crippen LogP contribution >= 0.6 is 0 Å². The van der Waals surface area contributed by atoms with Gasteiger partial charge in [-0.05, 0) is 35.4 Å². The smallest absolute Gasteiger partial charge is 0.411 e. The van der Waals surface area contributed by atoms with E-state index in [1.54, 1.807) is 6.07 Å². The number of carbonyl (C=O) groups excluding carboxylic acids is 1. The van der Waals surface area contributed by atoms with Gasteiger partial charge < -0.3 is 23.9 Å². The minimum absolute atomic E-state index is 0.0154. The van der Waals surface area contributed by atoms with Gasteiger partial charge in [0.2, 0.25) is 0 Å². The van der Waals surface area contributed by atoms with E-state index in [0.29, 0.717) is 12.2 Å². The summed E-state index contributed by atoms with van der Waals surface area (Å²) in [5.41, 5.74) is 5.17. The lowest BCUT2D eigenvalue weighted by molar-refractivity contribution is -0.276. The third-order valence-electron chi connectivity index (χ3n) is 6.76. The van der Waals surface area contributed by atoms with Crippen molar-refractivity contribution < 1.29 is 24.1 Å². The van der Waals surface area contributed by atoms with Crippen LogP contribution in [0.1, 0.15) is 36.0 Å². The van der Waals surface area contributed by atoms with Gasteiger partial charge in [-0.3, -0.25) is 5.32 Å². The first kappa shape index (κ1) is 25.7. The van der Waals surface area contributed by atoms with Crippen molar-refractivity contribution in [1.82, 2.24) is 9.55 Å². The molecule has 4 aromatic rings. The van der Waals surface area contributed by atoms with Crippen LogP contribution in [0.5, 0.6) is 0 Å². The number of aromatic nitrogens is 2. The Morgan fingerprint density at radius 3 is 2.71 bits per heavy atom. The van der Waals surface area contributed by atoms with E-state index in [2.05, 4.69) is 34.4 Å². The van der Waals surface area contributed by atoms with Gasteiger partial charge in [0.1, 0.15) is 6.61 Å². The minimum atomic E-state index is -0.667. The Balaban J connectivity index is 1.44. The molecule has 8 nitrogen and oxygen atoms in total. The van der Waals surface area contributed by atoms with E-state index in [9.17, 15) is 9.90 Å².